The van der Waals surface area contributed by atoms with E-state index in [1.807, 2.05) is 0 Å². The fourth-order valence-electron chi connectivity index (χ4n) is 1.98. The van der Waals surface area contributed by atoms with E-state index < -0.39 is 20.2 Å². The molecule has 0 aliphatic carbocycles. The molecule has 6 nitrogen and oxygen atoms in total. The standard InChI is InChI=1S/C12H26O6S2.K.H/c13-19(14,15)11-9-7-5-3-1-2-4-6-8-10-12-20(16,17)18;;/h1-12H2,(H,13,14,15)(H,16,17,18);;. The molecule has 21 heavy (non-hydrogen) atoms. The Morgan fingerprint density at radius 1 is 0.476 bits per heavy atom. The zero-order valence-electron chi connectivity index (χ0n) is 11.8. The molecular weight excluding hydrogens is 343 g/mol. The molecule has 2 N–H and O–H groups in total. The average Bonchev–Trinajstić information content (AvgIpc) is 2.27. The molecule has 0 radical (unpaired) electrons. The van der Waals surface area contributed by atoms with Gasteiger partial charge in [-0.25, -0.2) is 0 Å². The Hall–Kier alpha value is 1.46. The molecule has 0 saturated heterocycles. The molecule has 0 rings (SSSR count). The summed E-state index contributed by atoms with van der Waals surface area (Å²) in [5.74, 6) is -0.304. The maximum absolute atomic E-state index is 10.5. The maximum atomic E-state index is 10.5. The molecule has 0 aromatic carbocycles. The molecule has 0 amide bonds. The minimum atomic E-state index is -3.81. The summed E-state index contributed by atoms with van der Waals surface area (Å²) in [4.78, 5) is 0. The second kappa shape index (κ2) is 13.9. The van der Waals surface area contributed by atoms with Gasteiger partial charge in [0.25, 0.3) is 20.2 Å². The van der Waals surface area contributed by atoms with Crippen molar-refractivity contribution in [3.8, 4) is 0 Å². The second-order valence-electron chi connectivity index (χ2n) is 5.11. The Morgan fingerprint density at radius 3 is 0.857 bits per heavy atom. The van der Waals surface area contributed by atoms with E-state index in [1.165, 1.54) is 0 Å². The first-order valence-electron chi connectivity index (χ1n) is 7.11. The van der Waals surface area contributed by atoms with E-state index in [2.05, 4.69) is 0 Å². The average molecular weight is 371 g/mol. The van der Waals surface area contributed by atoms with Gasteiger partial charge < -0.3 is 0 Å². The number of unbranched alkanes of at least 4 members (excludes halogenated alkanes) is 9. The van der Waals surface area contributed by atoms with E-state index >= 15 is 0 Å². The molecule has 9 heteroatoms. The van der Waals surface area contributed by atoms with Crippen LogP contribution in [0.25, 0.3) is 0 Å². The van der Waals surface area contributed by atoms with E-state index in [0.717, 1.165) is 51.4 Å². The zero-order chi connectivity index (χ0) is 15.5. The summed E-state index contributed by atoms with van der Waals surface area (Å²) < 4.78 is 58.9. The van der Waals surface area contributed by atoms with Crippen LogP contribution in [0.15, 0.2) is 0 Å². The van der Waals surface area contributed by atoms with Crippen molar-refractivity contribution in [2.24, 2.45) is 0 Å². The number of hydrogen-bond acceptors (Lipinski definition) is 4. The third kappa shape index (κ3) is 23.8. The Balaban J connectivity index is 0. The van der Waals surface area contributed by atoms with Crippen LogP contribution in [-0.2, 0) is 20.2 Å². The third-order valence-corrected chi connectivity index (χ3v) is 4.66. The molecule has 0 aliphatic heterocycles. The van der Waals surface area contributed by atoms with Gasteiger partial charge in [-0.2, -0.15) is 16.8 Å². The third-order valence-electron chi connectivity index (χ3n) is 3.05. The normalized spacial score (nSPS) is 12.1. The van der Waals surface area contributed by atoms with Crippen LogP contribution in [0.5, 0.6) is 0 Å². The van der Waals surface area contributed by atoms with Crippen molar-refractivity contribution in [2.45, 2.75) is 64.2 Å². The molecule has 0 spiro atoms. The number of hydrogen-bond donors (Lipinski definition) is 2. The Labute approximate surface area is 171 Å². The van der Waals surface area contributed by atoms with E-state index in [4.69, 9.17) is 9.11 Å². The van der Waals surface area contributed by atoms with E-state index in [1.54, 1.807) is 0 Å². The van der Waals surface area contributed by atoms with E-state index in [9.17, 15) is 16.8 Å². The van der Waals surface area contributed by atoms with Crippen molar-refractivity contribution >= 4 is 71.6 Å². The summed E-state index contributed by atoms with van der Waals surface area (Å²) >= 11 is 0. The Bertz CT molecular complexity index is 391. The van der Waals surface area contributed by atoms with Crippen LogP contribution in [0.1, 0.15) is 64.2 Å². The van der Waals surface area contributed by atoms with Crippen molar-refractivity contribution in [1.82, 2.24) is 0 Å². The summed E-state index contributed by atoms with van der Waals surface area (Å²) in [7, 11) is -7.61. The first-order valence-corrected chi connectivity index (χ1v) is 10.3. The van der Waals surface area contributed by atoms with Gasteiger partial charge in [-0.3, -0.25) is 9.11 Å². The summed E-state index contributed by atoms with van der Waals surface area (Å²) in [5, 5.41) is 0. The van der Waals surface area contributed by atoms with Crippen LogP contribution < -0.4 is 0 Å². The van der Waals surface area contributed by atoms with Crippen molar-refractivity contribution in [3.05, 3.63) is 0 Å². The predicted octanol–water partition coefficient (Wildman–Crippen LogP) is 2.01. The fraction of sp³-hybridized carbons (Fsp3) is 1.00. The van der Waals surface area contributed by atoms with Crippen LogP contribution >= 0.6 is 0 Å². The van der Waals surface area contributed by atoms with Gasteiger partial charge in [0.15, 0.2) is 0 Å². The van der Waals surface area contributed by atoms with Gasteiger partial charge in [0.05, 0.1) is 11.5 Å². The Kier molecular flexibility index (Phi) is 16.3. The van der Waals surface area contributed by atoms with Crippen LogP contribution in [0, 0.1) is 0 Å². The van der Waals surface area contributed by atoms with Gasteiger partial charge >= 0.3 is 51.4 Å². The molecule has 0 fully saturated rings. The van der Waals surface area contributed by atoms with E-state index in [-0.39, 0.29) is 62.9 Å². The molecule has 0 aliphatic rings. The van der Waals surface area contributed by atoms with Gasteiger partial charge in [0.2, 0.25) is 0 Å². The van der Waals surface area contributed by atoms with Crippen molar-refractivity contribution in [1.29, 1.82) is 0 Å². The summed E-state index contributed by atoms with van der Waals surface area (Å²) in [6, 6.07) is 0. The predicted molar refractivity (Wildman–Crippen MR) is 86.2 cm³/mol. The summed E-state index contributed by atoms with van der Waals surface area (Å²) in [6.07, 6.45) is 8.86. The van der Waals surface area contributed by atoms with Crippen molar-refractivity contribution < 1.29 is 25.9 Å². The van der Waals surface area contributed by atoms with Crippen LogP contribution in [0.2, 0.25) is 0 Å². The first-order chi connectivity index (χ1) is 9.21. The van der Waals surface area contributed by atoms with Gasteiger partial charge in [-0.05, 0) is 12.8 Å². The number of rotatable bonds is 13. The summed E-state index contributed by atoms with van der Waals surface area (Å²) in [6.45, 7) is 0. The quantitative estimate of drug-likeness (QED) is 0.292. The SMILES string of the molecule is O=S(=O)(O)CCCCCCCCCCCCS(=O)(=O)O.[KH]. The molecule has 0 aromatic heterocycles. The van der Waals surface area contributed by atoms with Crippen molar-refractivity contribution in [3.63, 3.8) is 0 Å². The van der Waals surface area contributed by atoms with Crippen LogP contribution in [0.4, 0.5) is 0 Å². The van der Waals surface area contributed by atoms with Gasteiger partial charge in [0, 0.05) is 0 Å². The fourth-order valence-corrected chi connectivity index (χ4v) is 3.12. The molecule has 0 atom stereocenters. The zero-order valence-corrected chi connectivity index (χ0v) is 13.5. The topological polar surface area (TPSA) is 109 Å². The van der Waals surface area contributed by atoms with Gasteiger partial charge in [0.1, 0.15) is 0 Å². The molecular formula is C12H27KO6S2. The molecule has 0 unspecified atom stereocenters. The van der Waals surface area contributed by atoms with E-state index in [0.29, 0.717) is 12.8 Å². The molecule has 0 bridgehead atoms. The Morgan fingerprint density at radius 2 is 0.667 bits per heavy atom. The second-order valence-corrected chi connectivity index (χ2v) is 8.25. The van der Waals surface area contributed by atoms with Crippen LogP contribution in [0.3, 0.4) is 0 Å². The van der Waals surface area contributed by atoms with Gasteiger partial charge in [-0.15, -0.1) is 0 Å². The molecule has 0 aromatic rings. The minimum absolute atomic E-state index is 0. The molecule has 0 saturated carbocycles. The van der Waals surface area contributed by atoms with Crippen LogP contribution in [-0.4, -0.2) is 88.8 Å². The summed E-state index contributed by atoms with van der Waals surface area (Å²) in [5.41, 5.74) is 0. The molecule has 124 valence electrons. The molecule has 0 heterocycles. The van der Waals surface area contributed by atoms with Gasteiger partial charge in [-0.1, -0.05) is 51.4 Å². The first kappa shape index (κ1) is 24.7. The van der Waals surface area contributed by atoms with Crippen molar-refractivity contribution in [2.75, 3.05) is 11.5 Å². The monoisotopic (exact) mass is 370 g/mol.